The van der Waals surface area contributed by atoms with Gasteiger partial charge in [-0.3, -0.25) is 4.79 Å². The number of nitrogens with zero attached hydrogens (tertiary/aromatic N) is 2. The maximum Gasteiger partial charge on any atom is 0.233 e. The van der Waals surface area contributed by atoms with Gasteiger partial charge in [0, 0.05) is 11.6 Å². The van der Waals surface area contributed by atoms with E-state index in [-0.39, 0.29) is 5.78 Å². The van der Waals surface area contributed by atoms with Gasteiger partial charge in [-0.05, 0) is 19.1 Å². The summed E-state index contributed by atoms with van der Waals surface area (Å²) in [6.45, 7) is 1.94. The summed E-state index contributed by atoms with van der Waals surface area (Å²) in [6, 6.07) is 10.6. The van der Waals surface area contributed by atoms with Gasteiger partial charge in [0.2, 0.25) is 11.7 Å². The summed E-state index contributed by atoms with van der Waals surface area (Å²) in [5, 5.41) is 7.60. The Balaban J connectivity index is 2.30. The van der Waals surface area contributed by atoms with E-state index in [1.165, 1.54) is 7.11 Å². The molecule has 86 valence electrons. The first kappa shape index (κ1) is 11.3. The van der Waals surface area contributed by atoms with Crippen LogP contribution in [0.1, 0.15) is 21.6 Å². The highest BCUT2D eigenvalue weighted by Crippen LogP contribution is 2.11. The standard InChI is InChI=1S/C13H12N2O2/c1-9-4-3-5-10(8-9)13(16)11-6-7-12(17-2)15-14-11/h3-8H,1-2H3. The molecule has 0 aliphatic heterocycles. The quantitative estimate of drug-likeness (QED) is 0.754. The Bertz CT molecular complexity index is 535. The van der Waals surface area contributed by atoms with E-state index in [9.17, 15) is 4.79 Å². The first-order chi connectivity index (χ1) is 8.20. The molecule has 0 spiro atoms. The van der Waals surface area contributed by atoms with Crippen molar-refractivity contribution in [3.63, 3.8) is 0 Å². The third-order valence-corrected chi connectivity index (χ3v) is 2.36. The lowest BCUT2D eigenvalue weighted by Crippen LogP contribution is -2.05. The molecule has 1 aromatic carbocycles. The molecule has 0 bridgehead atoms. The molecule has 1 heterocycles. The van der Waals surface area contributed by atoms with Crippen molar-refractivity contribution >= 4 is 5.78 Å². The zero-order valence-corrected chi connectivity index (χ0v) is 9.68. The number of benzene rings is 1. The van der Waals surface area contributed by atoms with E-state index in [4.69, 9.17) is 4.74 Å². The number of hydrogen-bond acceptors (Lipinski definition) is 4. The molecular weight excluding hydrogens is 216 g/mol. The number of carbonyl (C=O) groups excluding carboxylic acids is 1. The molecule has 0 fully saturated rings. The summed E-state index contributed by atoms with van der Waals surface area (Å²) in [4.78, 5) is 12.1. The van der Waals surface area contributed by atoms with E-state index in [2.05, 4.69) is 10.2 Å². The third-order valence-electron chi connectivity index (χ3n) is 2.36. The lowest BCUT2D eigenvalue weighted by atomic mass is 10.1. The van der Waals surface area contributed by atoms with Gasteiger partial charge in [0.1, 0.15) is 5.69 Å². The summed E-state index contributed by atoms with van der Waals surface area (Å²) in [7, 11) is 1.51. The average Bonchev–Trinajstić information content (AvgIpc) is 2.38. The normalized spacial score (nSPS) is 10.0. The summed E-state index contributed by atoms with van der Waals surface area (Å²) in [6.07, 6.45) is 0. The van der Waals surface area contributed by atoms with E-state index in [1.54, 1.807) is 18.2 Å². The Morgan fingerprint density at radius 2 is 2.00 bits per heavy atom. The maximum atomic E-state index is 12.1. The molecule has 0 amide bonds. The maximum absolute atomic E-state index is 12.1. The van der Waals surface area contributed by atoms with Crippen LogP contribution in [-0.2, 0) is 0 Å². The van der Waals surface area contributed by atoms with Crippen molar-refractivity contribution in [3.8, 4) is 5.88 Å². The van der Waals surface area contributed by atoms with E-state index in [0.29, 0.717) is 17.1 Å². The summed E-state index contributed by atoms with van der Waals surface area (Å²) in [5.74, 6) is 0.259. The number of aryl methyl sites for hydroxylation is 1. The Hall–Kier alpha value is -2.23. The molecule has 0 unspecified atom stereocenters. The summed E-state index contributed by atoms with van der Waals surface area (Å²) < 4.78 is 4.89. The highest BCUT2D eigenvalue weighted by atomic mass is 16.5. The van der Waals surface area contributed by atoms with Gasteiger partial charge < -0.3 is 4.74 Å². The highest BCUT2D eigenvalue weighted by molar-refractivity contribution is 6.07. The van der Waals surface area contributed by atoms with Gasteiger partial charge in [0.05, 0.1) is 7.11 Å². The molecule has 1 aromatic heterocycles. The van der Waals surface area contributed by atoms with Gasteiger partial charge in [0.25, 0.3) is 0 Å². The van der Waals surface area contributed by atoms with Crippen molar-refractivity contribution < 1.29 is 9.53 Å². The SMILES string of the molecule is COc1ccc(C(=O)c2cccc(C)c2)nn1. The third kappa shape index (κ3) is 2.47. The van der Waals surface area contributed by atoms with E-state index in [1.807, 2.05) is 25.1 Å². The summed E-state index contributed by atoms with van der Waals surface area (Å²) in [5.41, 5.74) is 1.97. The van der Waals surface area contributed by atoms with Crippen molar-refractivity contribution in [2.45, 2.75) is 6.92 Å². The Kier molecular flexibility index (Phi) is 3.14. The highest BCUT2D eigenvalue weighted by Gasteiger charge is 2.11. The Labute approximate surface area is 99.3 Å². The lowest BCUT2D eigenvalue weighted by Gasteiger charge is -2.02. The van der Waals surface area contributed by atoms with Crippen LogP contribution in [0, 0.1) is 6.92 Å². The molecule has 17 heavy (non-hydrogen) atoms. The molecule has 0 aliphatic carbocycles. The predicted molar refractivity (Wildman–Crippen MR) is 63.2 cm³/mol. The van der Waals surface area contributed by atoms with E-state index >= 15 is 0 Å². The van der Waals surface area contributed by atoms with Gasteiger partial charge in [-0.2, -0.15) is 0 Å². The second-order valence-corrected chi connectivity index (χ2v) is 3.66. The first-order valence-corrected chi connectivity index (χ1v) is 5.20. The van der Waals surface area contributed by atoms with Gasteiger partial charge >= 0.3 is 0 Å². The minimum absolute atomic E-state index is 0.135. The van der Waals surface area contributed by atoms with Crippen molar-refractivity contribution in [3.05, 3.63) is 53.2 Å². The predicted octanol–water partition coefficient (Wildman–Crippen LogP) is 2.02. The van der Waals surface area contributed by atoms with Crippen molar-refractivity contribution in [2.24, 2.45) is 0 Å². The first-order valence-electron chi connectivity index (χ1n) is 5.20. The lowest BCUT2D eigenvalue weighted by molar-refractivity contribution is 0.103. The zero-order chi connectivity index (χ0) is 12.3. The van der Waals surface area contributed by atoms with Crippen LogP contribution in [0.5, 0.6) is 5.88 Å². The zero-order valence-electron chi connectivity index (χ0n) is 9.68. The number of aromatic nitrogens is 2. The fourth-order valence-corrected chi connectivity index (χ4v) is 1.48. The average molecular weight is 228 g/mol. The molecule has 2 aromatic rings. The van der Waals surface area contributed by atoms with Crippen LogP contribution >= 0.6 is 0 Å². The molecule has 0 saturated heterocycles. The van der Waals surface area contributed by atoms with Gasteiger partial charge in [0.15, 0.2) is 0 Å². The second-order valence-electron chi connectivity index (χ2n) is 3.66. The Morgan fingerprint density at radius 3 is 2.59 bits per heavy atom. The number of carbonyl (C=O) groups is 1. The molecule has 0 radical (unpaired) electrons. The number of hydrogen-bond donors (Lipinski definition) is 0. The van der Waals surface area contributed by atoms with Crippen LogP contribution in [-0.4, -0.2) is 23.1 Å². The molecule has 4 heteroatoms. The van der Waals surface area contributed by atoms with Gasteiger partial charge in [-0.1, -0.05) is 23.8 Å². The van der Waals surface area contributed by atoms with E-state index in [0.717, 1.165) is 5.56 Å². The number of rotatable bonds is 3. The molecule has 0 saturated carbocycles. The van der Waals surface area contributed by atoms with Gasteiger partial charge in [-0.15, -0.1) is 10.2 Å². The number of methoxy groups -OCH3 is 1. The topological polar surface area (TPSA) is 52.1 Å². The molecule has 4 nitrogen and oxygen atoms in total. The second kappa shape index (κ2) is 4.74. The van der Waals surface area contributed by atoms with Crippen LogP contribution in [0.4, 0.5) is 0 Å². The van der Waals surface area contributed by atoms with E-state index < -0.39 is 0 Å². The monoisotopic (exact) mass is 228 g/mol. The minimum atomic E-state index is -0.135. The molecule has 0 aliphatic rings. The molecular formula is C13H12N2O2. The number of ketones is 1. The summed E-state index contributed by atoms with van der Waals surface area (Å²) >= 11 is 0. The van der Waals surface area contributed by atoms with Crippen molar-refractivity contribution in [2.75, 3.05) is 7.11 Å². The van der Waals surface area contributed by atoms with Crippen molar-refractivity contribution in [1.82, 2.24) is 10.2 Å². The Morgan fingerprint density at radius 1 is 1.18 bits per heavy atom. The van der Waals surface area contributed by atoms with Crippen molar-refractivity contribution in [1.29, 1.82) is 0 Å². The number of ether oxygens (including phenoxy) is 1. The van der Waals surface area contributed by atoms with Gasteiger partial charge in [-0.25, -0.2) is 0 Å². The minimum Gasteiger partial charge on any atom is -0.480 e. The fraction of sp³-hybridized carbons (Fsp3) is 0.154. The van der Waals surface area contributed by atoms with Crippen LogP contribution in [0.15, 0.2) is 36.4 Å². The smallest absolute Gasteiger partial charge is 0.233 e. The van der Waals surface area contributed by atoms with Crippen LogP contribution < -0.4 is 4.74 Å². The fourth-order valence-electron chi connectivity index (χ4n) is 1.48. The molecule has 2 rings (SSSR count). The molecule has 0 atom stereocenters. The largest absolute Gasteiger partial charge is 0.480 e. The molecule has 0 N–H and O–H groups in total. The van der Waals surface area contributed by atoms with Crippen LogP contribution in [0.3, 0.4) is 0 Å². The van der Waals surface area contributed by atoms with Crippen LogP contribution in [0.25, 0.3) is 0 Å². The van der Waals surface area contributed by atoms with Crippen LogP contribution in [0.2, 0.25) is 0 Å².